The Labute approximate surface area is 168 Å². The maximum atomic E-state index is 11.7. The Morgan fingerprint density at radius 3 is 2.66 bits per heavy atom. The molecule has 3 aromatic rings. The average Bonchev–Trinajstić information content (AvgIpc) is 2.67. The van der Waals surface area contributed by atoms with Crippen molar-refractivity contribution in [2.24, 2.45) is 0 Å². The van der Waals surface area contributed by atoms with Crippen LogP contribution in [0.2, 0.25) is 0 Å². The third kappa shape index (κ3) is 5.08. The summed E-state index contributed by atoms with van der Waals surface area (Å²) in [6.45, 7) is 2.02. The Hall–Kier alpha value is -3.46. The first-order valence-electron chi connectivity index (χ1n) is 8.65. The Balaban J connectivity index is 1.83. The smallest absolute Gasteiger partial charge is 0.292 e. The molecule has 0 saturated carbocycles. The van der Waals surface area contributed by atoms with Gasteiger partial charge in [-0.05, 0) is 42.8 Å². The van der Waals surface area contributed by atoms with Gasteiger partial charge in [-0.25, -0.2) is 13.4 Å². The van der Waals surface area contributed by atoms with E-state index in [0.717, 1.165) is 11.8 Å². The van der Waals surface area contributed by atoms with E-state index in [0.29, 0.717) is 17.0 Å². The first kappa shape index (κ1) is 20.3. The summed E-state index contributed by atoms with van der Waals surface area (Å²) in [4.78, 5) is 15.2. The summed E-state index contributed by atoms with van der Waals surface area (Å²) in [6.07, 6.45) is 2.67. The van der Waals surface area contributed by atoms with E-state index < -0.39 is 14.8 Å². The number of nitrogens with one attached hydrogen (secondary N) is 1. The van der Waals surface area contributed by atoms with Gasteiger partial charge < -0.3 is 10.1 Å². The molecule has 0 aliphatic heterocycles. The minimum Gasteiger partial charge on any atom is -0.439 e. The van der Waals surface area contributed by atoms with Gasteiger partial charge in [0.15, 0.2) is 9.84 Å². The summed E-state index contributed by atoms with van der Waals surface area (Å²) in [5.41, 5.74) is 1.82. The van der Waals surface area contributed by atoms with E-state index in [1.165, 1.54) is 18.2 Å². The zero-order valence-corrected chi connectivity index (χ0v) is 16.6. The summed E-state index contributed by atoms with van der Waals surface area (Å²) in [5.74, 6) is 0.606. The first-order valence-corrected chi connectivity index (χ1v) is 10.5. The van der Waals surface area contributed by atoms with Crippen LogP contribution in [0.15, 0.2) is 65.7 Å². The summed E-state index contributed by atoms with van der Waals surface area (Å²) in [7, 11) is -3.37. The largest absolute Gasteiger partial charge is 0.439 e. The van der Waals surface area contributed by atoms with Crippen molar-refractivity contribution in [3.63, 3.8) is 0 Å². The van der Waals surface area contributed by atoms with Crippen LogP contribution in [0.5, 0.6) is 11.6 Å². The van der Waals surface area contributed by atoms with Crippen molar-refractivity contribution >= 4 is 21.2 Å². The van der Waals surface area contributed by atoms with Gasteiger partial charge >= 0.3 is 0 Å². The van der Waals surface area contributed by atoms with Crippen LogP contribution >= 0.6 is 0 Å². The SMILES string of the molecule is Cc1ccc(NCc2cccnc2Oc2cccc(S(C)(=O)=O)c2)c([N+](=O)[O-])c1. The van der Waals surface area contributed by atoms with Crippen molar-refractivity contribution in [3.05, 3.63) is 82.0 Å². The van der Waals surface area contributed by atoms with Crippen LogP contribution in [-0.4, -0.2) is 24.6 Å². The van der Waals surface area contributed by atoms with Gasteiger partial charge in [0.25, 0.3) is 5.69 Å². The van der Waals surface area contributed by atoms with Crippen molar-refractivity contribution in [2.45, 2.75) is 18.4 Å². The molecule has 0 unspecified atom stereocenters. The number of aromatic nitrogens is 1. The number of rotatable bonds is 7. The number of benzene rings is 2. The second-order valence-corrected chi connectivity index (χ2v) is 8.46. The number of nitrogens with zero attached hydrogens (tertiary/aromatic N) is 2. The van der Waals surface area contributed by atoms with Crippen LogP contribution < -0.4 is 10.1 Å². The molecule has 0 aliphatic rings. The van der Waals surface area contributed by atoms with Gasteiger partial charge in [-0.15, -0.1) is 0 Å². The highest BCUT2D eigenvalue weighted by molar-refractivity contribution is 7.90. The van der Waals surface area contributed by atoms with Gasteiger partial charge in [0.2, 0.25) is 5.88 Å². The minimum atomic E-state index is -3.37. The topological polar surface area (TPSA) is 111 Å². The number of ether oxygens (including phenoxy) is 1. The van der Waals surface area contributed by atoms with Gasteiger partial charge in [-0.2, -0.15) is 0 Å². The van der Waals surface area contributed by atoms with Gasteiger partial charge in [0, 0.05) is 30.6 Å². The van der Waals surface area contributed by atoms with Crippen molar-refractivity contribution < 1.29 is 18.1 Å². The van der Waals surface area contributed by atoms with E-state index in [4.69, 9.17) is 4.74 Å². The van der Waals surface area contributed by atoms with Crippen molar-refractivity contribution in [3.8, 4) is 11.6 Å². The molecule has 0 atom stereocenters. The summed E-state index contributed by atoms with van der Waals surface area (Å²) in [5, 5.41) is 14.3. The molecular weight excluding hydrogens is 394 g/mol. The highest BCUT2D eigenvalue weighted by atomic mass is 32.2. The summed E-state index contributed by atoms with van der Waals surface area (Å²) >= 11 is 0. The Bertz CT molecular complexity index is 1160. The Morgan fingerprint density at radius 1 is 1.14 bits per heavy atom. The Morgan fingerprint density at radius 2 is 1.93 bits per heavy atom. The Kier molecular flexibility index (Phi) is 5.79. The molecule has 1 heterocycles. The number of anilines is 1. The number of hydrogen-bond acceptors (Lipinski definition) is 7. The summed E-state index contributed by atoms with van der Waals surface area (Å²) < 4.78 is 29.3. The predicted octanol–water partition coefficient (Wildman–Crippen LogP) is 4.11. The maximum absolute atomic E-state index is 11.7. The maximum Gasteiger partial charge on any atom is 0.292 e. The lowest BCUT2D eigenvalue weighted by Crippen LogP contribution is -2.05. The van der Waals surface area contributed by atoms with Crippen molar-refractivity contribution in [2.75, 3.05) is 11.6 Å². The van der Waals surface area contributed by atoms with Crippen LogP contribution in [0.3, 0.4) is 0 Å². The second-order valence-electron chi connectivity index (χ2n) is 6.45. The van der Waals surface area contributed by atoms with Crippen LogP contribution in [0, 0.1) is 17.0 Å². The predicted molar refractivity (Wildman–Crippen MR) is 109 cm³/mol. The van der Waals surface area contributed by atoms with Gasteiger partial charge in [-0.3, -0.25) is 10.1 Å². The van der Waals surface area contributed by atoms with E-state index in [1.54, 1.807) is 49.5 Å². The molecule has 0 bridgehead atoms. The second kappa shape index (κ2) is 8.27. The third-order valence-corrected chi connectivity index (χ3v) is 5.23. The fraction of sp³-hybridized carbons (Fsp3) is 0.150. The molecule has 2 aromatic carbocycles. The molecule has 1 N–H and O–H groups in total. The number of pyridine rings is 1. The highest BCUT2D eigenvalue weighted by Crippen LogP contribution is 2.28. The molecule has 1 aromatic heterocycles. The monoisotopic (exact) mass is 413 g/mol. The lowest BCUT2D eigenvalue weighted by molar-refractivity contribution is -0.384. The zero-order chi connectivity index (χ0) is 21.0. The van der Waals surface area contributed by atoms with E-state index in [2.05, 4.69) is 10.3 Å². The molecular formula is C20H19N3O5S. The average molecular weight is 413 g/mol. The molecule has 0 amide bonds. The van der Waals surface area contributed by atoms with Crippen LogP contribution in [0.4, 0.5) is 11.4 Å². The quantitative estimate of drug-likeness (QED) is 0.458. The summed E-state index contributed by atoms with van der Waals surface area (Å²) in [6, 6.07) is 14.6. The highest BCUT2D eigenvalue weighted by Gasteiger charge is 2.15. The molecule has 0 radical (unpaired) electrons. The molecule has 8 nitrogen and oxygen atoms in total. The molecule has 3 rings (SSSR count). The first-order chi connectivity index (χ1) is 13.7. The number of hydrogen-bond donors (Lipinski definition) is 1. The molecule has 0 spiro atoms. The molecule has 0 fully saturated rings. The van der Waals surface area contributed by atoms with Crippen LogP contribution in [-0.2, 0) is 16.4 Å². The van der Waals surface area contributed by atoms with E-state index in [-0.39, 0.29) is 23.0 Å². The minimum absolute atomic E-state index is 0.0165. The number of sulfone groups is 1. The van der Waals surface area contributed by atoms with Crippen LogP contribution in [0.1, 0.15) is 11.1 Å². The van der Waals surface area contributed by atoms with E-state index in [1.807, 2.05) is 0 Å². The zero-order valence-electron chi connectivity index (χ0n) is 15.8. The van der Waals surface area contributed by atoms with E-state index in [9.17, 15) is 18.5 Å². The van der Waals surface area contributed by atoms with Crippen molar-refractivity contribution in [1.29, 1.82) is 0 Å². The van der Waals surface area contributed by atoms with Gasteiger partial charge in [0.1, 0.15) is 11.4 Å². The lowest BCUT2D eigenvalue weighted by atomic mass is 10.2. The van der Waals surface area contributed by atoms with Crippen LogP contribution in [0.25, 0.3) is 0 Å². The van der Waals surface area contributed by atoms with E-state index >= 15 is 0 Å². The fourth-order valence-electron chi connectivity index (χ4n) is 2.66. The molecule has 0 saturated heterocycles. The molecule has 0 aliphatic carbocycles. The molecule has 29 heavy (non-hydrogen) atoms. The standard InChI is InChI=1S/C20H19N3O5S/c1-14-8-9-18(19(11-14)23(24)25)22-13-15-5-4-10-21-20(15)28-16-6-3-7-17(12-16)29(2,26)27/h3-12,22H,13H2,1-2H3. The lowest BCUT2D eigenvalue weighted by Gasteiger charge is -2.12. The molecule has 9 heteroatoms. The molecule has 150 valence electrons. The van der Waals surface area contributed by atoms with Crippen molar-refractivity contribution in [1.82, 2.24) is 4.98 Å². The fourth-order valence-corrected chi connectivity index (χ4v) is 3.32. The van der Waals surface area contributed by atoms with Gasteiger partial charge in [-0.1, -0.05) is 18.2 Å². The third-order valence-electron chi connectivity index (χ3n) is 4.12. The number of aryl methyl sites for hydroxylation is 1. The number of nitro groups is 1. The normalized spacial score (nSPS) is 11.1. The number of nitro benzene ring substituents is 1. The van der Waals surface area contributed by atoms with Gasteiger partial charge in [0.05, 0.1) is 9.82 Å².